The normalized spacial score (nSPS) is 9.85. The third-order valence-corrected chi connectivity index (χ3v) is 1.46. The van der Waals surface area contributed by atoms with Crippen LogP contribution >= 0.6 is 0 Å². The zero-order valence-electron chi connectivity index (χ0n) is 7.33. The Hall–Kier alpha value is -1.56. The van der Waals surface area contributed by atoms with Crippen molar-refractivity contribution in [2.45, 2.75) is 6.54 Å². The van der Waals surface area contributed by atoms with Gasteiger partial charge in [-0.1, -0.05) is 0 Å². The Morgan fingerprint density at radius 1 is 1.62 bits per heavy atom. The molecule has 0 aliphatic rings. The molecule has 1 heterocycles. The van der Waals surface area contributed by atoms with E-state index >= 15 is 0 Å². The van der Waals surface area contributed by atoms with Gasteiger partial charge in [0, 0.05) is 25.0 Å². The van der Waals surface area contributed by atoms with Crippen LogP contribution in [0.3, 0.4) is 0 Å². The SMILES string of the molecule is NC(N)=NCCNCc1ccn[nH]1. The van der Waals surface area contributed by atoms with Gasteiger partial charge >= 0.3 is 0 Å². The Bertz CT molecular complexity index is 248. The lowest BCUT2D eigenvalue weighted by molar-refractivity contribution is 0.680. The number of nitrogens with zero attached hydrogens (tertiary/aromatic N) is 2. The molecule has 0 aromatic carbocycles. The number of rotatable bonds is 5. The van der Waals surface area contributed by atoms with Crippen LogP contribution in [-0.4, -0.2) is 29.2 Å². The lowest BCUT2D eigenvalue weighted by Crippen LogP contribution is -2.25. The van der Waals surface area contributed by atoms with Crippen LogP contribution < -0.4 is 16.8 Å². The van der Waals surface area contributed by atoms with Crippen molar-refractivity contribution in [2.24, 2.45) is 16.5 Å². The highest BCUT2D eigenvalue weighted by molar-refractivity contribution is 5.75. The van der Waals surface area contributed by atoms with Crippen LogP contribution in [-0.2, 0) is 6.54 Å². The van der Waals surface area contributed by atoms with Crippen molar-refractivity contribution in [3.63, 3.8) is 0 Å². The molecule has 0 fully saturated rings. The van der Waals surface area contributed by atoms with E-state index in [2.05, 4.69) is 20.5 Å². The minimum Gasteiger partial charge on any atom is -0.370 e. The van der Waals surface area contributed by atoms with E-state index < -0.39 is 0 Å². The van der Waals surface area contributed by atoms with Gasteiger partial charge in [0.25, 0.3) is 0 Å². The second kappa shape index (κ2) is 5.15. The lowest BCUT2D eigenvalue weighted by Gasteiger charge is -1.99. The quantitative estimate of drug-likeness (QED) is 0.260. The fourth-order valence-electron chi connectivity index (χ4n) is 0.870. The van der Waals surface area contributed by atoms with Gasteiger partial charge in [-0.15, -0.1) is 0 Å². The maximum Gasteiger partial charge on any atom is 0.185 e. The monoisotopic (exact) mass is 182 g/mol. The van der Waals surface area contributed by atoms with Crippen LogP contribution in [0.5, 0.6) is 0 Å². The molecule has 1 aromatic heterocycles. The molecule has 0 radical (unpaired) electrons. The number of aliphatic imine (C=N–C) groups is 1. The van der Waals surface area contributed by atoms with Gasteiger partial charge in [-0.2, -0.15) is 5.10 Å². The zero-order chi connectivity index (χ0) is 9.52. The molecule has 0 spiro atoms. The number of H-pyrrole nitrogens is 1. The summed E-state index contributed by atoms with van der Waals surface area (Å²) in [4.78, 5) is 3.83. The first-order valence-corrected chi connectivity index (χ1v) is 4.03. The molecule has 6 heteroatoms. The van der Waals surface area contributed by atoms with Gasteiger partial charge in [-0.05, 0) is 6.07 Å². The van der Waals surface area contributed by atoms with Crippen molar-refractivity contribution in [1.29, 1.82) is 0 Å². The average Bonchev–Trinajstić information content (AvgIpc) is 2.55. The second-order valence-corrected chi connectivity index (χ2v) is 2.57. The maximum absolute atomic E-state index is 5.15. The molecule has 6 N–H and O–H groups in total. The molecule has 0 aliphatic heterocycles. The summed E-state index contributed by atoms with van der Waals surface area (Å²) in [5.41, 5.74) is 11.4. The lowest BCUT2D eigenvalue weighted by atomic mass is 10.4. The first kappa shape index (κ1) is 9.53. The van der Waals surface area contributed by atoms with E-state index in [0.717, 1.165) is 18.8 Å². The van der Waals surface area contributed by atoms with Crippen molar-refractivity contribution < 1.29 is 0 Å². The molecule has 13 heavy (non-hydrogen) atoms. The molecule has 0 saturated carbocycles. The Labute approximate surface area is 76.4 Å². The summed E-state index contributed by atoms with van der Waals surface area (Å²) < 4.78 is 0. The number of hydrogen-bond acceptors (Lipinski definition) is 3. The number of aromatic nitrogens is 2. The highest BCUT2D eigenvalue weighted by Gasteiger charge is 1.91. The van der Waals surface area contributed by atoms with Gasteiger partial charge in [0.05, 0.1) is 6.54 Å². The summed E-state index contributed by atoms with van der Waals surface area (Å²) in [5, 5.41) is 9.81. The van der Waals surface area contributed by atoms with E-state index in [1.165, 1.54) is 0 Å². The topological polar surface area (TPSA) is 105 Å². The molecule has 0 atom stereocenters. The highest BCUT2D eigenvalue weighted by atomic mass is 15.1. The Kier molecular flexibility index (Phi) is 3.77. The number of nitrogens with one attached hydrogen (secondary N) is 2. The third-order valence-electron chi connectivity index (χ3n) is 1.46. The summed E-state index contributed by atoms with van der Waals surface area (Å²) in [7, 11) is 0. The molecule has 0 amide bonds. The van der Waals surface area contributed by atoms with Gasteiger partial charge in [0.1, 0.15) is 0 Å². The van der Waals surface area contributed by atoms with Crippen molar-refractivity contribution >= 4 is 5.96 Å². The standard InChI is InChI=1S/C7H14N6/c8-7(9)11-4-3-10-5-6-1-2-12-13-6/h1-2,10H,3-5H2,(H,12,13)(H4,8,9,11). The van der Waals surface area contributed by atoms with E-state index in [1.54, 1.807) is 6.20 Å². The number of aromatic amines is 1. The number of nitrogens with two attached hydrogens (primary N) is 2. The van der Waals surface area contributed by atoms with E-state index in [1.807, 2.05) is 6.07 Å². The molecule has 6 nitrogen and oxygen atoms in total. The fourth-order valence-corrected chi connectivity index (χ4v) is 0.870. The maximum atomic E-state index is 5.15. The van der Waals surface area contributed by atoms with Crippen LogP contribution in [0.25, 0.3) is 0 Å². The minimum atomic E-state index is 0.128. The minimum absolute atomic E-state index is 0.128. The molecule has 0 bridgehead atoms. The molecular formula is C7H14N6. The zero-order valence-corrected chi connectivity index (χ0v) is 7.33. The molecule has 1 rings (SSSR count). The van der Waals surface area contributed by atoms with Crippen molar-refractivity contribution in [3.8, 4) is 0 Å². The Morgan fingerprint density at radius 3 is 3.08 bits per heavy atom. The van der Waals surface area contributed by atoms with Crippen LogP contribution in [0.2, 0.25) is 0 Å². The van der Waals surface area contributed by atoms with Crippen molar-refractivity contribution in [1.82, 2.24) is 15.5 Å². The van der Waals surface area contributed by atoms with Crippen molar-refractivity contribution in [2.75, 3.05) is 13.1 Å². The predicted molar refractivity (Wildman–Crippen MR) is 51.0 cm³/mol. The molecular weight excluding hydrogens is 168 g/mol. The van der Waals surface area contributed by atoms with Crippen LogP contribution in [0.1, 0.15) is 5.69 Å². The summed E-state index contributed by atoms with van der Waals surface area (Å²) >= 11 is 0. The van der Waals surface area contributed by atoms with E-state index in [9.17, 15) is 0 Å². The smallest absolute Gasteiger partial charge is 0.185 e. The van der Waals surface area contributed by atoms with Crippen LogP contribution in [0.4, 0.5) is 0 Å². The van der Waals surface area contributed by atoms with Crippen LogP contribution in [0, 0.1) is 0 Å². The summed E-state index contributed by atoms with van der Waals surface area (Å²) in [6.45, 7) is 2.09. The molecule has 72 valence electrons. The fraction of sp³-hybridized carbons (Fsp3) is 0.429. The van der Waals surface area contributed by atoms with Crippen molar-refractivity contribution in [3.05, 3.63) is 18.0 Å². The number of guanidine groups is 1. The van der Waals surface area contributed by atoms with Gasteiger partial charge in [0.15, 0.2) is 5.96 Å². The third kappa shape index (κ3) is 4.12. The summed E-state index contributed by atoms with van der Waals surface area (Å²) in [6, 6.07) is 1.91. The average molecular weight is 182 g/mol. The Balaban J connectivity index is 2.05. The second-order valence-electron chi connectivity index (χ2n) is 2.57. The van der Waals surface area contributed by atoms with E-state index in [4.69, 9.17) is 11.5 Å². The molecule has 0 aliphatic carbocycles. The van der Waals surface area contributed by atoms with E-state index in [0.29, 0.717) is 6.54 Å². The Morgan fingerprint density at radius 2 is 2.46 bits per heavy atom. The van der Waals surface area contributed by atoms with Gasteiger partial charge in [-0.3, -0.25) is 10.1 Å². The highest BCUT2D eigenvalue weighted by Crippen LogP contribution is 1.88. The van der Waals surface area contributed by atoms with E-state index in [-0.39, 0.29) is 5.96 Å². The molecule has 0 saturated heterocycles. The number of hydrogen-bond donors (Lipinski definition) is 4. The molecule has 1 aromatic rings. The summed E-state index contributed by atoms with van der Waals surface area (Å²) in [5.74, 6) is 0.128. The first-order valence-electron chi connectivity index (χ1n) is 4.03. The van der Waals surface area contributed by atoms with Gasteiger partial charge < -0.3 is 16.8 Å². The molecule has 0 unspecified atom stereocenters. The van der Waals surface area contributed by atoms with Gasteiger partial charge in [0.2, 0.25) is 0 Å². The summed E-state index contributed by atoms with van der Waals surface area (Å²) in [6.07, 6.45) is 1.72. The van der Waals surface area contributed by atoms with Crippen LogP contribution in [0.15, 0.2) is 17.3 Å². The first-order chi connectivity index (χ1) is 6.29. The largest absolute Gasteiger partial charge is 0.370 e. The van der Waals surface area contributed by atoms with Gasteiger partial charge in [-0.25, -0.2) is 0 Å². The predicted octanol–water partition coefficient (Wildman–Crippen LogP) is -1.23.